The maximum Gasteiger partial charge on any atom is 0.142 e. The van der Waals surface area contributed by atoms with Gasteiger partial charge in [0.1, 0.15) is 33.3 Å². The molecule has 0 saturated heterocycles. The fourth-order valence-electron chi connectivity index (χ4n) is 4.70. The molecule has 0 spiro atoms. The van der Waals surface area contributed by atoms with Crippen molar-refractivity contribution in [2.45, 2.75) is 89.4 Å². The highest BCUT2D eigenvalue weighted by atomic mass is 79.9. The van der Waals surface area contributed by atoms with Crippen molar-refractivity contribution < 1.29 is 0 Å². The quantitative estimate of drug-likeness (QED) is 0.161. The van der Waals surface area contributed by atoms with Gasteiger partial charge in [-0.1, -0.05) is 11.6 Å². The predicted octanol–water partition coefficient (Wildman–Crippen LogP) is 7.07. The van der Waals surface area contributed by atoms with E-state index in [1.54, 1.807) is 29.0 Å². The molecule has 2 saturated carbocycles. The number of aryl methyl sites for hydroxylation is 2. The fourth-order valence-corrected chi connectivity index (χ4v) is 8.36. The van der Waals surface area contributed by atoms with E-state index >= 15 is 0 Å². The van der Waals surface area contributed by atoms with Gasteiger partial charge in [0.15, 0.2) is 0 Å². The Bertz CT molecular complexity index is 1370. The molecule has 0 radical (unpaired) electrons. The number of thiophene rings is 2. The molecular weight excluding hydrogens is 684 g/mol. The maximum absolute atomic E-state index is 5.95. The van der Waals surface area contributed by atoms with Crippen molar-refractivity contribution in [3.63, 3.8) is 0 Å². The molecule has 4 aromatic rings. The van der Waals surface area contributed by atoms with E-state index in [-0.39, 0.29) is 0 Å². The lowest BCUT2D eigenvalue weighted by atomic mass is 9.92. The Morgan fingerprint density at radius 2 is 1.15 bits per heavy atom. The summed E-state index contributed by atoms with van der Waals surface area (Å²) in [5, 5.41) is 6.11. The SMILES string of the molecule is Cc1sc2ncnc(Cl)c2c1Br.Cc1sc2ncnc(NC3CCC(N)CC3)c2c1Br.NC1CCC(N)CC1. The lowest BCUT2D eigenvalue weighted by Crippen LogP contribution is -2.33. The van der Waals surface area contributed by atoms with E-state index in [1.165, 1.54) is 16.1 Å². The van der Waals surface area contributed by atoms with Crippen LogP contribution < -0.4 is 22.5 Å². The molecule has 8 nitrogen and oxygen atoms in total. The summed E-state index contributed by atoms with van der Waals surface area (Å²) >= 11 is 16.3. The number of hydrogen-bond acceptors (Lipinski definition) is 10. The second-order valence-electron chi connectivity index (χ2n) is 10.1. The normalized spacial score (nSPS) is 23.1. The standard InChI is InChI=1S/C13H17BrN4S.C7H4BrClN2S.C6H14N2/c1-7-11(14)10-12(16-6-17-13(10)19-7)18-9-4-2-8(15)3-5-9;1-3-5(8)4-6(9)10-2-11-7(4)12-3;7-5-1-2-6(8)4-3-5/h6,8-9H,2-5,15H2,1H3,(H,16,17,18);2H,1H3;5-6H,1-4,7-8H2. The number of nitrogens with two attached hydrogens (primary N) is 3. The summed E-state index contributed by atoms with van der Waals surface area (Å²) < 4.78 is 2.12. The smallest absolute Gasteiger partial charge is 0.142 e. The molecule has 7 N–H and O–H groups in total. The number of fused-ring (bicyclic) bond motifs is 2. The summed E-state index contributed by atoms with van der Waals surface area (Å²) in [5.41, 5.74) is 17.2. The van der Waals surface area contributed by atoms with Crippen LogP contribution in [0.25, 0.3) is 20.4 Å². The third-order valence-corrected chi connectivity index (χ3v) is 11.9. The summed E-state index contributed by atoms with van der Waals surface area (Å²) in [7, 11) is 0. The molecule has 2 aliphatic rings. The second kappa shape index (κ2) is 14.3. The second-order valence-corrected chi connectivity index (χ2v) is 14.5. The largest absolute Gasteiger partial charge is 0.367 e. The van der Waals surface area contributed by atoms with Crippen molar-refractivity contribution >= 4 is 92.4 Å². The van der Waals surface area contributed by atoms with E-state index in [4.69, 9.17) is 28.8 Å². The topological polar surface area (TPSA) is 142 Å². The molecule has 4 aromatic heterocycles. The van der Waals surface area contributed by atoms with Crippen molar-refractivity contribution in [1.82, 2.24) is 19.9 Å². The number of hydrogen-bond donors (Lipinski definition) is 4. The van der Waals surface area contributed by atoms with E-state index < -0.39 is 0 Å². The van der Waals surface area contributed by atoms with E-state index in [0.717, 1.165) is 86.6 Å². The average molecular weight is 719 g/mol. The minimum Gasteiger partial charge on any atom is -0.367 e. The van der Waals surface area contributed by atoms with Crippen LogP contribution in [0, 0.1) is 13.8 Å². The molecular formula is C26H35Br2ClN8S2. The van der Waals surface area contributed by atoms with Gasteiger partial charge in [0, 0.05) is 42.9 Å². The van der Waals surface area contributed by atoms with E-state index in [1.807, 2.05) is 6.92 Å². The predicted molar refractivity (Wildman–Crippen MR) is 173 cm³/mol. The van der Waals surface area contributed by atoms with Gasteiger partial charge < -0.3 is 22.5 Å². The zero-order valence-corrected chi connectivity index (χ0v) is 27.7. The number of rotatable bonds is 2. The minimum atomic E-state index is 0.374. The van der Waals surface area contributed by atoms with E-state index in [0.29, 0.717) is 29.3 Å². The summed E-state index contributed by atoms with van der Waals surface area (Å²) in [5.74, 6) is 0.946. The Balaban J connectivity index is 0.000000150. The lowest BCUT2D eigenvalue weighted by Gasteiger charge is -2.27. The number of halogens is 3. The van der Waals surface area contributed by atoms with Crippen LogP contribution in [-0.4, -0.2) is 44.1 Å². The highest BCUT2D eigenvalue weighted by Crippen LogP contribution is 2.38. The maximum atomic E-state index is 5.95. The Morgan fingerprint density at radius 3 is 1.67 bits per heavy atom. The average Bonchev–Trinajstić information content (AvgIpc) is 3.38. The number of nitrogens with one attached hydrogen (secondary N) is 1. The van der Waals surface area contributed by atoms with Gasteiger partial charge in [0.25, 0.3) is 0 Å². The van der Waals surface area contributed by atoms with Crippen LogP contribution in [0.5, 0.6) is 0 Å². The zero-order chi connectivity index (χ0) is 28.1. The molecule has 0 bridgehead atoms. The van der Waals surface area contributed by atoms with Gasteiger partial charge in [-0.05, 0) is 97.1 Å². The lowest BCUT2D eigenvalue weighted by molar-refractivity contribution is 0.395. The number of nitrogens with zero attached hydrogens (tertiary/aromatic N) is 4. The zero-order valence-electron chi connectivity index (χ0n) is 22.1. The van der Waals surface area contributed by atoms with Crippen LogP contribution in [0.2, 0.25) is 5.15 Å². The van der Waals surface area contributed by atoms with Gasteiger partial charge in [0.05, 0.1) is 10.8 Å². The molecule has 0 atom stereocenters. The van der Waals surface area contributed by atoms with Gasteiger partial charge >= 0.3 is 0 Å². The Labute approximate surface area is 259 Å². The molecule has 4 heterocycles. The van der Waals surface area contributed by atoms with Gasteiger partial charge in [-0.15, -0.1) is 22.7 Å². The first kappa shape index (κ1) is 31.0. The summed E-state index contributed by atoms with van der Waals surface area (Å²) in [6.45, 7) is 4.12. The first-order valence-electron chi connectivity index (χ1n) is 13.1. The Morgan fingerprint density at radius 1 is 0.718 bits per heavy atom. The van der Waals surface area contributed by atoms with Crippen LogP contribution in [0.15, 0.2) is 21.6 Å². The van der Waals surface area contributed by atoms with Crippen LogP contribution in [0.3, 0.4) is 0 Å². The first-order chi connectivity index (χ1) is 18.6. The highest BCUT2D eigenvalue weighted by molar-refractivity contribution is 9.11. The Kier molecular flexibility index (Phi) is 11.3. The summed E-state index contributed by atoms with van der Waals surface area (Å²) in [6, 6.07) is 1.73. The van der Waals surface area contributed by atoms with Gasteiger partial charge in [-0.2, -0.15) is 0 Å². The van der Waals surface area contributed by atoms with Gasteiger partial charge in [-0.25, -0.2) is 19.9 Å². The fraction of sp³-hybridized carbons (Fsp3) is 0.538. The number of anilines is 1. The summed E-state index contributed by atoms with van der Waals surface area (Å²) in [4.78, 5) is 21.2. The molecule has 6 rings (SSSR count). The minimum absolute atomic E-state index is 0.374. The molecule has 2 aliphatic carbocycles. The molecule has 212 valence electrons. The van der Waals surface area contributed by atoms with Crippen molar-refractivity contribution in [2.75, 3.05) is 5.32 Å². The molecule has 0 amide bonds. The van der Waals surface area contributed by atoms with Crippen LogP contribution >= 0.6 is 66.1 Å². The van der Waals surface area contributed by atoms with E-state index in [2.05, 4.69) is 64.0 Å². The van der Waals surface area contributed by atoms with Crippen molar-refractivity contribution in [1.29, 1.82) is 0 Å². The van der Waals surface area contributed by atoms with E-state index in [9.17, 15) is 0 Å². The molecule has 0 aromatic carbocycles. The molecule has 2 fully saturated rings. The van der Waals surface area contributed by atoms with Crippen LogP contribution in [-0.2, 0) is 0 Å². The van der Waals surface area contributed by atoms with Crippen LogP contribution in [0.1, 0.15) is 61.1 Å². The first-order valence-corrected chi connectivity index (χ1v) is 16.7. The molecule has 13 heteroatoms. The third kappa shape index (κ3) is 8.06. The molecule has 0 aliphatic heterocycles. The summed E-state index contributed by atoms with van der Waals surface area (Å²) in [6.07, 6.45) is 12.0. The van der Waals surface area contributed by atoms with Crippen molar-refractivity contribution in [3.05, 3.63) is 36.5 Å². The molecule has 39 heavy (non-hydrogen) atoms. The van der Waals surface area contributed by atoms with Crippen molar-refractivity contribution in [3.8, 4) is 0 Å². The Hall–Kier alpha value is -0.990. The number of aromatic nitrogens is 4. The third-order valence-electron chi connectivity index (χ3n) is 7.06. The highest BCUT2D eigenvalue weighted by Gasteiger charge is 2.21. The van der Waals surface area contributed by atoms with Gasteiger partial charge in [-0.3, -0.25) is 0 Å². The monoisotopic (exact) mass is 716 g/mol. The van der Waals surface area contributed by atoms with Crippen LogP contribution in [0.4, 0.5) is 5.82 Å². The van der Waals surface area contributed by atoms with Gasteiger partial charge in [0.2, 0.25) is 0 Å². The molecule has 0 unspecified atom stereocenters. The van der Waals surface area contributed by atoms with Crippen molar-refractivity contribution in [2.24, 2.45) is 17.2 Å².